The van der Waals surface area contributed by atoms with Gasteiger partial charge in [0.25, 0.3) is 0 Å². The Morgan fingerprint density at radius 3 is 3.23 bits per heavy atom. The SMILES string of the molecule is Ic1cncnc1NC1CCOC1. The molecule has 0 bridgehead atoms. The summed E-state index contributed by atoms with van der Waals surface area (Å²) in [6.07, 6.45) is 4.41. The highest BCUT2D eigenvalue weighted by Gasteiger charge is 2.16. The fourth-order valence-electron chi connectivity index (χ4n) is 1.26. The summed E-state index contributed by atoms with van der Waals surface area (Å²) in [5.41, 5.74) is 0. The minimum Gasteiger partial charge on any atom is -0.379 e. The zero-order valence-corrected chi connectivity index (χ0v) is 9.19. The summed E-state index contributed by atoms with van der Waals surface area (Å²) in [6, 6.07) is 0.406. The third kappa shape index (κ3) is 2.28. The van der Waals surface area contributed by atoms with Crippen LogP contribution in [0, 0.1) is 3.57 Å². The number of halogens is 1. The molecule has 1 N–H and O–H groups in total. The van der Waals surface area contributed by atoms with Crippen molar-refractivity contribution in [2.45, 2.75) is 12.5 Å². The highest BCUT2D eigenvalue weighted by molar-refractivity contribution is 14.1. The lowest BCUT2D eigenvalue weighted by Gasteiger charge is -2.11. The maximum absolute atomic E-state index is 5.26. The van der Waals surface area contributed by atoms with Gasteiger partial charge in [0.1, 0.15) is 12.1 Å². The van der Waals surface area contributed by atoms with E-state index in [4.69, 9.17) is 4.74 Å². The number of aromatic nitrogens is 2. The van der Waals surface area contributed by atoms with Gasteiger partial charge < -0.3 is 10.1 Å². The Hall–Kier alpha value is -0.430. The van der Waals surface area contributed by atoms with Crippen LogP contribution in [0.3, 0.4) is 0 Å². The van der Waals surface area contributed by atoms with Crippen LogP contribution in [-0.2, 0) is 4.74 Å². The number of hydrogen-bond donors (Lipinski definition) is 1. The molecule has 2 heterocycles. The van der Waals surface area contributed by atoms with E-state index in [2.05, 4.69) is 37.9 Å². The molecule has 0 saturated carbocycles. The van der Waals surface area contributed by atoms with Gasteiger partial charge in [-0.05, 0) is 29.0 Å². The third-order valence-electron chi connectivity index (χ3n) is 1.94. The molecule has 0 radical (unpaired) electrons. The smallest absolute Gasteiger partial charge is 0.143 e. The van der Waals surface area contributed by atoms with Gasteiger partial charge in [-0.25, -0.2) is 9.97 Å². The quantitative estimate of drug-likeness (QED) is 0.834. The fraction of sp³-hybridized carbons (Fsp3) is 0.500. The molecule has 1 aromatic rings. The first-order valence-corrected chi connectivity index (χ1v) is 5.24. The van der Waals surface area contributed by atoms with Gasteiger partial charge in [-0.1, -0.05) is 0 Å². The van der Waals surface area contributed by atoms with Crippen LogP contribution in [-0.4, -0.2) is 29.2 Å². The second kappa shape index (κ2) is 4.19. The van der Waals surface area contributed by atoms with Crippen LogP contribution in [0.2, 0.25) is 0 Å². The highest BCUT2D eigenvalue weighted by Crippen LogP contribution is 2.16. The predicted octanol–water partition coefficient (Wildman–Crippen LogP) is 1.28. The molecule has 13 heavy (non-hydrogen) atoms. The van der Waals surface area contributed by atoms with Crippen molar-refractivity contribution in [3.63, 3.8) is 0 Å². The number of hydrogen-bond acceptors (Lipinski definition) is 4. The predicted molar refractivity (Wildman–Crippen MR) is 57.6 cm³/mol. The average Bonchev–Trinajstić information content (AvgIpc) is 2.61. The van der Waals surface area contributed by atoms with E-state index >= 15 is 0 Å². The maximum atomic E-state index is 5.26. The van der Waals surface area contributed by atoms with Gasteiger partial charge in [0.2, 0.25) is 0 Å². The lowest BCUT2D eigenvalue weighted by Crippen LogP contribution is -2.20. The first-order chi connectivity index (χ1) is 6.36. The first-order valence-electron chi connectivity index (χ1n) is 4.16. The number of rotatable bonds is 2. The number of nitrogens with one attached hydrogen (secondary N) is 1. The summed E-state index contributed by atoms with van der Waals surface area (Å²) < 4.78 is 6.31. The Labute approximate surface area is 90.2 Å². The Balaban J connectivity index is 2.04. The van der Waals surface area contributed by atoms with Crippen LogP contribution in [0.5, 0.6) is 0 Å². The van der Waals surface area contributed by atoms with Crippen molar-refractivity contribution in [3.8, 4) is 0 Å². The molecule has 4 nitrogen and oxygen atoms in total. The van der Waals surface area contributed by atoms with Crippen molar-refractivity contribution < 1.29 is 4.74 Å². The van der Waals surface area contributed by atoms with E-state index in [9.17, 15) is 0 Å². The highest BCUT2D eigenvalue weighted by atomic mass is 127. The van der Waals surface area contributed by atoms with Crippen LogP contribution in [0.25, 0.3) is 0 Å². The van der Waals surface area contributed by atoms with Crippen molar-refractivity contribution in [2.75, 3.05) is 18.5 Å². The van der Waals surface area contributed by atoms with Gasteiger partial charge in [0.15, 0.2) is 0 Å². The molecule has 1 aliphatic rings. The third-order valence-corrected chi connectivity index (χ3v) is 2.73. The van der Waals surface area contributed by atoms with Crippen molar-refractivity contribution in [1.82, 2.24) is 9.97 Å². The van der Waals surface area contributed by atoms with Gasteiger partial charge in [-0.3, -0.25) is 0 Å². The number of anilines is 1. The molecule has 0 spiro atoms. The lowest BCUT2D eigenvalue weighted by molar-refractivity contribution is 0.195. The van der Waals surface area contributed by atoms with Crippen molar-refractivity contribution in [1.29, 1.82) is 0 Å². The maximum Gasteiger partial charge on any atom is 0.143 e. The monoisotopic (exact) mass is 291 g/mol. The number of ether oxygens (including phenoxy) is 1. The first kappa shape index (κ1) is 9.14. The van der Waals surface area contributed by atoms with Gasteiger partial charge >= 0.3 is 0 Å². The molecule has 0 amide bonds. The topological polar surface area (TPSA) is 47.0 Å². The summed E-state index contributed by atoms with van der Waals surface area (Å²) in [7, 11) is 0. The number of nitrogens with zero attached hydrogens (tertiary/aromatic N) is 2. The van der Waals surface area contributed by atoms with Crippen LogP contribution in [0.4, 0.5) is 5.82 Å². The molecule has 5 heteroatoms. The van der Waals surface area contributed by atoms with E-state index in [1.165, 1.54) is 0 Å². The van der Waals surface area contributed by atoms with E-state index in [0.29, 0.717) is 6.04 Å². The van der Waals surface area contributed by atoms with E-state index in [1.54, 1.807) is 12.5 Å². The van der Waals surface area contributed by atoms with Crippen LogP contribution < -0.4 is 5.32 Å². The fourth-order valence-corrected chi connectivity index (χ4v) is 1.72. The molecular weight excluding hydrogens is 281 g/mol. The molecule has 1 saturated heterocycles. The molecule has 1 fully saturated rings. The van der Waals surface area contributed by atoms with Gasteiger partial charge in [-0.15, -0.1) is 0 Å². The Morgan fingerprint density at radius 2 is 2.54 bits per heavy atom. The van der Waals surface area contributed by atoms with Crippen LogP contribution in [0.1, 0.15) is 6.42 Å². The Kier molecular flexibility index (Phi) is 2.94. The minimum atomic E-state index is 0.406. The van der Waals surface area contributed by atoms with Crippen LogP contribution >= 0.6 is 22.6 Å². The standard InChI is InChI=1S/C8H10IN3O/c9-7-3-10-5-11-8(7)12-6-1-2-13-4-6/h3,5-6H,1-2,4H2,(H,10,11,12). The molecule has 1 atom stereocenters. The van der Waals surface area contributed by atoms with Gasteiger partial charge in [0.05, 0.1) is 16.2 Å². The summed E-state index contributed by atoms with van der Waals surface area (Å²) >= 11 is 2.22. The molecular formula is C8H10IN3O. The molecule has 0 aromatic carbocycles. The second-order valence-electron chi connectivity index (χ2n) is 2.92. The molecule has 70 valence electrons. The van der Waals surface area contributed by atoms with Gasteiger partial charge in [0, 0.05) is 12.8 Å². The van der Waals surface area contributed by atoms with E-state index in [-0.39, 0.29) is 0 Å². The van der Waals surface area contributed by atoms with Crippen molar-refractivity contribution in [3.05, 3.63) is 16.1 Å². The zero-order valence-electron chi connectivity index (χ0n) is 7.03. The molecule has 0 aliphatic carbocycles. The second-order valence-corrected chi connectivity index (χ2v) is 4.09. The largest absolute Gasteiger partial charge is 0.379 e. The minimum absolute atomic E-state index is 0.406. The summed E-state index contributed by atoms with van der Waals surface area (Å²) in [5.74, 6) is 0.908. The zero-order chi connectivity index (χ0) is 9.10. The normalized spacial score (nSPS) is 21.8. The Morgan fingerprint density at radius 1 is 1.62 bits per heavy atom. The van der Waals surface area contributed by atoms with Crippen LogP contribution in [0.15, 0.2) is 12.5 Å². The Bertz CT molecular complexity index is 288. The van der Waals surface area contributed by atoms with Crippen molar-refractivity contribution in [2.24, 2.45) is 0 Å². The molecule has 1 aliphatic heterocycles. The van der Waals surface area contributed by atoms with E-state index < -0.39 is 0 Å². The summed E-state index contributed by atoms with van der Waals surface area (Å²) in [6.45, 7) is 1.62. The lowest BCUT2D eigenvalue weighted by atomic mass is 10.2. The summed E-state index contributed by atoms with van der Waals surface area (Å²) in [5, 5.41) is 3.33. The molecule has 2 rings (SSSR count). The average molecular weight is 291 g/mol. The summed E-state index contributed by atoms with van der Waals surface area (Å²) in [4.78, 5) is 8.09. The molecule has 1 unspecified atom stereocenters. The van der Waals surface area contributed by atoms with E-state index in [1.807, 2.05) is 0 Å². The van der Waals surface area contributed by atoms with E-state index in [0.717, 1.165) is 29.0 Å². The van der Waals surface area contributed by atoms with Crippen molar-refractivity contribution >= 4 is 28.4 Å². The van der Waals surface area contributed by atoms with Gasteiger partial charge in [-0.2, -0.15) is 0 Å². The molecule has 1 aromatic heterocycles.